The average molecular weight is 506 g/mol. The number of benzene rings is 2. The summed E-state index contributed by atoms with van der Waals surface area (Å²) in [6.45, 7) is 7.97. The van der Waals surface area contributed by atoms with Gasteiger partial charge in [0.15, 0.2) is 6.61 Å². The van der Waals surface area contributed by atoms with Gasteiger partial charge in [0.2, 0.25) is 0 Å². The second-order valence-electron chi connectivity index (χ2n) is 10.4. The van der Waals surface area contributed by atoms with E-state index in [0.29, 0.717) is 6.54 Å². The van der Waals surface area contributed by atoms with Crippen molar-refractivity contribution in [2.75, 3.05) is 13.2 Å². The number of nitrogens with one attached hydrogen (secondary N) is 1. The van der Waals surface area contributed by atoms with Crippen LogP contribution in [0.25, 0.3) is 11.0 Å². The summed E-state index contributed by atoms with van der Waals surface area (Å²) in [5, 5.41) is 3.00. The lowest BCUT2D eigenvalue weighted by atomic mass is 10.1. The number of fused-ring (bicyclic) bond motifs is 1. The van der Waals surface area contributed by atoms with Gasteiger partial charge in [-0.05, 0) is 56.0 Å². The molecule has 3 aromatic rings. The van der Waals surface area contributed by atoms with Crippen molar-refractivity contribution in [3.8, 4) is 5.75 Å². The highest BCUT2D eigenvalue weighted by molar-refractivity contribution is 5.77. The van der Waals surface area contributed by atoms with Crippen LogP contribution in [-0.2, 0) is 17.8 Å². The predicted octanol–water partition coefficient (Wildman–Crippen LogP) is 7.70. The topological polar surface area (TPSA) is 56.2 Å². The quantitative estimate of drug-likeness (QED) is 0.180. The molecule has 0 atom stereocenters. The van der Waals surface area contributed by atoms with Gasteiger partial charge in [0.05, 0.1) is 11.0 Å². The van der Waals surface area contributed by atoms with Crippen molar-refractivity contribution in [1.82, 2.24) is 14.9 Å². The maximum Gasteiger partial charge on any atom is 0.257 e. The molecule has 1 aromatic heterocycles. The number of nitrogens with zero attached hydrogens (tertiary/aromatic N) is 2. The molecule has 0 spiro atoms. The lowest BCUT2D eigenvalue weighted by Gasteiger charge is -2.11. The van der Waals surface area contributed by atoms with Gasteiger partial charge in [-0.3, -0.25) is 4.79 Å². The Labute approximate surface area is 224 Å². The van der Waals surface area contributed by atoms with E-state index in [1.807, 2.05) is 32.0 Å². The third kappa shape index (κ3) is 9.87. The number of carbonyl (C=O) groups is 1. The minimum atomic E-state index is -0.0835. The van der Waals surface area contributed by atoms with E-state index in [-0.39, 0.29) is 12.5 Å². The molecule has 1 amide bonds. The molecule has 2 aromatic carbocycles. The van der Waals surface area contributed by atoms with Crippen molar-refractivity contribution in [1.29, 1.82) is 0 Å². The van der Waals surface area contributed by atoms with Crippen LogP contribution in [0.1, 0.15) is 94.5 Å². The normalized spacial score (nSPS) is 11.2. The number of ether oxygens (including phenoxy) is 1. The molecule has 0 fully saturated rings. The van der Waals surface area contributed by atoms with Crippen LogP contribution in [-0.4, -0.2) is 28.6 Å². The summed E-state index contributed by atoms with van der Waals surface area (Å²) in [7, 11) is 0. The number of aryl methyl sites for hydroxylation is 4. The number of amides is 1. The van der Waals surface area contributed by atoms with Crippen LogP contribution < -0.4 is 10.1 Å². The van der Waals surface area contributed by atoms with Gasteiger partial charge in [0.25, 0.3) is 5.91 Å². The summed E-state index contributed by atoms with van der Waals surface area (Å²) in [5.74, 6) is 1.81. The average Bonchev–Trinajstić information content (AvgIpc) is 3.25. The minimum absolute atomic E-state index is 0.0432. The van der Waals surface area contributed by atoms with Crippen LogP contribution in [0, 0.1) is 13.8 Å². The first-order valence-corrected chi connectivity index (χ1v) is 14.5. The molecule has 1 heterocycles. The number of aromatic nitrogens is 2. The highest BCUT2D eigenvalue weighted by Gasteiger charge is 2.11. The molecular weight excluding hydrogens is 458 g/mol. The second-order valence-corrected chi connectivity index (χ2v) is 10.4. The number of rotatable bonds is 18. The minimum Gasteiger partial charge on any atom is -0.483 e. The van der Waals surface area contributed by atoms with Gasteiger partial charge in [-0.25, -0.2) is 4.98 Å². The first-order valence-electron chi connectivity index (χ1n) is 14.5. The van der Waals surface area contributed by atoms with Crippen LogP contribution >= 0.6 is 0 Å². The van der Waals surface area contributed by atoms with E-state index in [0.717, 1.165) is 47.6 Å². The maximum atomic E-state index is 12.3. The molecule has 0 aliphatic rings. The van der Waals surface area contributed by atoms with Crippen LogP contribution in [0.4, 0.5) is 0 Å². The third-order valence-electron chi connectivity index (χ3n) is 7.07. The number of imidazole rings is 1. The van der Waals surface area contributed by atoms with Crippen molar-refractivity contribution >= 4 is 16.9 Å². The van der Waals surface area contributed by atoms with Gasteiger partial charge in [-0.1, -0.05) is 89.0 Å². The van der Waals surface area contributed by atoms with Crippen molar-refractivity contribution in [3.63, 3.8) is 0 Å². The fraction of sp³-hybridized carbons (Fsp3) is 0.562. The van der Waals surface area contributed by atoms with E-state index in [1.54, 1.807) is 0 Å². The molecular formula is C32H47N3O2. The third-order valence-corrected chi connectivity index (χ3v) is 7.07. The molecule has 5 heteroatoms. The summed E-state index contributed by atoms with van der Waals surface area (Å²) in [6.07, 6.45) is 15.1. The first kappa shape index (κ1) is 28.7. The Balaban J connectivity index is 1.38. The van der Waals surface area contributed by atoms with Crippen molar-refractivity contribution in [2.45, 2.75) is 104 Å². The highest BCUT2D eigenvalue weighted by atomic mass is 16.5. The van der Waals surface area contributed by atoms with Gasteiger partial charge in [0.1, 0.15) is 11.6 Å². The first-order chi connectivity index (χ1) is 18.1. The molecule has 0 aliphatic heterocycles. The van der Waals surface area contributed by atoms with Gasteiger partial charge in [-0.15, -0.1) is 0 Å². The molecule has 0 aliphatic carbocycles. The summed E-state index contributed by atoms with van der Waals surface area (Å²) in [4.78, 5) is 17.2. The zero-order chi connectivity index (χ0) is 26.3. The Bertz CT molecular complexity index is 1090. The van der Waals surface area contributed by atoms with E-state index < -0.39 is 0 Å². The monoisotopic (exact) mass is 505 g/mol. The van der Waals surface area contributed by atoms with Crippen LogP contribution in [0.5, 0.6) is 5.75 Å². The van der Waals surface area contributed by atoms with Crippen molar-refractivity contribution in [3.05, 3.63) is 59.4 Å². The maximum absolute atomic E-state index is 12.3. The number of hydrogen-bond donors (Lipinski definition) is 1. The van der Waals surface area contributed by atoms with E-state index >= 15 is 0 Å². The Morgan fingerprint density at radius 3 is 2.35 bits per heavy atom. The molecule has 37 heavy (non-hydrogen) atoms. The van der Waals surface area contributed by atoms with Crippen molar-refractivity contribution < 1.29 is 9.53 Å². The summed E-state index contributed by atoms with van der Waals surface area (Å²) >= 11 is 0. The molecule has 5 nitrogen and oxygen atoms in total. The molecule has 0 saturated carbocycles. The SMILES string of the molecule is CCCCCCCCCCCCn1c(CCCNC(=O)COc2cc(C)ccc2C)nc2ccccc21. The molecule has 0 radical (unpaired) electrons. The molecule has 3 rings (SSSR count). The Hall–Kier alpha value is -2.82. The van der Waals surface area contributed by atoms with E-state index in [1.165, 1.54) is 69.7 Å². The Kier molecular flexibility index (Phi) is 12.5. The number of hydrogen-bond acceptors (Lipinski definition) is 3. The number of para-hydroxylation sites is 2. The van der Waals surface area contributed by atoms with E-state index in [2.05, 4.69) is 41.1 Å². The summed E-state index contributed by atoms with van der Waals surface area (Å²) in [5.41, 5.74) is 4.45. The Morgan fingerprint density at radius 2 is 1.59 bits per heavy atom. The Morgan fingerprint density at radius 1 is 0.892 bits per heavy atom. The summed E-state index contributed by atoms with van der Waals surface area (Å²) < 4.78 is 8.12. The zero-order valence-electron chi connectivity index (χ0n) is 23.4. The zero-order valence-corrected chi connectivity index (χ0v) is 23.4. The van der Waals surface area contributed by atoms with Crippen molar-refractivity contribution in [2.24, 2.45) is 0 Å². The van der Waals surface area contributed by atoms with Gasteiger partial charge in [0, 0.05) is 19.5 Å². The predicted molar refractivity (Wildman–Crippen MR) is 154 cm³/mol. The van der Waals surface area contributed by atoms with E-state index in [9.17, 15) is 4.79 Å². The van der Waals surface area contributed by atoms with Crippen LogP contribution in [0.15, 0.2) is 42.5 Å². The van der Waals surface area contributed by atoms with Crippen LogP contribution in [0.2, 0.25) is 0 Å². The summed E-state index contributed by atoms with van der Waals surface area (Å²) in [6, 6.07) is 14.5. The molecule has 202 valence electrons. The highest BCUT2D eigenvalue weighted by Crippen LogP contribution is 2.20. The van der Waals surface area contributed by atoms with Gasteiger partial charge in [-0.2, -0.15) is 0 Å². The standard InChI is InChI=1S/C32H47N3O2/c1-4-5-6-7-8-9-10-11-12-15-23-35-29-18-14-13-17-28(29)34-31(35)19-16-22-33-32(36)25-37-30-24-26(2)20-21-27(30)3/h13-14,17-18,20-21,24H,4-12,15-16,19,22-23,25H2,1-3H3,(H,33,36). The molecule has 1 N–H and O–H groups in total. The largest absolute Gasteiger partial charge is 0.483 e. The fourth-order valence-corrected chi connectivity index (χ4v) is 4.85. The van der Waals surface area contributed by atoms with Gasteiger partial charge >= 0.3 is 0 Å². The molecule has 0 bridgehead atoms. The number of unbranched alkanes of at least 4 members (excludes halogenated alkanes) is 9. The second kappa shape index (κ2) is 16.1. The lowest BCUT2D eigenvalue weighted by Crippen LogP contribution is -2.30. The van der Waals surface area contributed by atoms with Gasteiger partial charge < -0.3 is 14.6 Å². The fourth-order valence-electron chi connectivity index (χ4n) is 4.85. The van der Waals surface area contributed by atoms with Crippen LogP contribution in [0.3, 0.4) is 0 Å². The van der Waals surface area contributed by atoms with E-state index in [4.69, 9.17) is 9.72 Å². The number of carbonyl (C=O) groups excluding carboxylic acids is 1. The smallest absolute Gasteiger partial charge is 0.257 e. The molecule has 0 saturated heterocycles. The lowest BCUT2D eigenvalue weighted by molar-refractivity contribution is -0.123. The molecule has 0 unspecified atom stereocenters.